The maximum atomic E-state index is 13.0. The van der Waals surface area contributed by atoms with Crippen LogP contribution in [0.4, 0.5) is 10.1 Å². The van der Waals surface area contributed by atoms with E-state index in [0.29, 0.717) is 14.9 Å². The number of rotatable bonds is 3. The van der Waals surface area contributed by atoms with E-state index in [1.54, 1.807) is 12.1 Å². The molecule has 0 unspecified atom stereocenters. The van der Waals surface area contributed by atoms with Crippen LogP contribution in [0.15, 0.2) is 53.4 Å². The van der Waals surface area contributed by atoms with E-state index in [9.17, 15) is 9.18 Å². The van der Waals surface area contributed by atoms with Crippen molar-refractivity contribution in [2.24, 2.45) is 0 Å². The third kappa shape index (κ3) is 3.35. The van der Waals surface area contributed by atoms with Crippen LogP contribution in [0.25, 0.3) is 6.08 Å². The van der Waals surface area contributed by atoms with Gasteiger partial charge < -0.3 is 0 Å². The fourth-order valence-electron chi connectivity index (χ4n) is 2.28. The highest BCUT2D eigenvalue weighted by atomic mass is 32.2. The van der Waals surface area contributed by atoms with Gasteiger partial charge in [-0.1, -0.05) is 55.2 Å². The smallest absolute Gasteiger partial charge is 0.268 e. The number of amides is 1. The van der Waals surface area contributed by atoms with Crippen molar-refractivity contribution in [1.82, 2.24) is 0 Å². The number of thiocarbonyl (C=S) groups is 1. The van der Waals surface area contributed by atoms with E-state index < -0.39 is 0 Å². The van der Waals surface area contributed by atoms with Crippen LogP contribution in [0.3, 0.4) is 0 Å². The molecule has 5 heteroatoms. The summed E-state index contributed by atoms with van der Waals surface area (Å²) >= 11 is 6.56. The van der Waals surface area contributed by atoms with Crippen molar-refractivity contribution in [1.29, 1.82) is 0 Å². The number of carbonyl (C=O) groups is 1. The Balaban J connectivity index is 1.88. The topological polar surface area (TPSA) is 20.3 Å². The molecule has 0 aliphatic carbocycles. The van der Waals surface area contributed by atoms with Crippen LogP contribution < -0.4 is 4.90 Å². The van der Waals surface area contributed by atoms with Gasteiger partial charge in [-0.3, -0.25) is 9.69 Å². The molecule has 2 nitrogen and oxygen atoms in total. The summed E-state index contributed by atoms with van der Waals surface area (Å²) in [6, 6.07) is 13.8. The van der Waals surface area contributed by atoms with Gasteiger partial charge in [0.05, 0.1) is 10.6 Å². The summed E-state index contributed by atoms with van der Waals surface area (Å²) in [6.45, 7) is 2.10. The molecule has 2 aromatic rings. The van der Waals surface area contributed by atoms with Gasteiger partial charge in [-0.25, -0.2) is 4.39 Å². The second-order valence-corrected chi connectivity index (χ2v) is 6.76. The Kier molecular flexibility index (Phi) is 4.59. The number of hydrogen-bond acceptors (Lipinski definition) is 3. The molecule has 0 atom stereocenters. The number of hydrogen-bond donors (Lipinski definition) is 0. The maximum Gasteiger partial charge on any atom is 0.270 e. The highest BCUT2D eigenvalue weighted by molar-refractivity contribution is 8.27. The van der Waals surface area contributed by atoms with Gasteiger partial charge >= 0.3 is 0 Å². The van der Waals surface area contributed by atoms with Gasteiger partial charge in [0.1, 0.15) is 5.82 Å². The number of benzene rings is 2. The number of carbonyl (C=O) groups excluding carboxylic acids is 1. The van der Waals surface area contributed by atoms with Crippen molar-refractivity contribution >= 4 is 46.0 Å². The number of aryl methyl sites for hydroxylation is 1. The van der Waals surface area contributed by atoms with Crippen LogP contribution in [0.5, 0.6) is 0 Å². The molecular weight excluding hydrogens is 329 g/mol. The van der Waals surface area contributed by atoms with Crippen LogP contribution >= 0.6 is 24.0 Å². The molecule has 1 heterocycles. The summed E-state index contributed by atoms with van der Waals surface area (Å²) in [5.41, 5.74) is 2.79. The van der Waals surface area contributed by atoms with Crippen molar-refractivity contribution in [2.45, 2.75) is 13.3 Å². The molecule has 0 bridgehead atoms. The Morgan fingerprint density at radius 1 is 1.13 bits per heavy atom. The van der Waals surface area contributed by atoms with Crippen LogP contribution in [0.2, 0.25) is 0 Å². The first kappa shape index (κ1) is 15.9. The fourth-order valence-corrected chi connectivity index (χ4v) is 3.58. The number of thioether (sulfide) groups is 1. The lowest BCUT2D eigenvalue weighted by molar-refractivity contribution is -0.113. The van der Waals surface area contributed by atoms with E-state index in [4.69, 9.17) is 12.2 Å². The van der Waals surface area contributed by atoms with Crippen LogP contribution in [-0.2, 0) is 11.2 Å². The van der Waals surface area contributed by atoms with Gasteiger partial charge in [0.25, 0.3) is 5.91 Å². The molecule has 0 aromatic heterocycles. The summed E-state index contributed by atoms with van der Waals surface area (Å²) in [7, 11) is 0. The first-order valence-corrected chi connectivity index (χ1v) is 8.43. The van der Waals surface area contributed by atoms with Crippen LogP contribution in [0.1, 0.15) is 18.1 Å². The Morgan fingerprint density at radius 2 is 1.78 bits per heavy atom. The molecule has 0 radical (unpaired) electrons. The van der Waals surface area contributed by atoms with E-state index in [-0.39, 0.29) is 11.7 Å². The summed E-state index contributed by atoms with van der Waals surface area (Å²) in [4.78, 5) is 14.6. The minimum Gasteiger partial charge on any atom is -0.268 e. The molecule has 1 aliphatic heterocycles. The molecule has 0 spiro atoms. The predicted octanol–water partition coefficient (Wildman–Crippen LogP) is 4.79. The second kappa shape index (κ2) is 6.64. The number of anilines is 1. The third-order valence-corrected chi connectivity index (χ3v) is 4.87. The van der Waals surface area contributed by atoms with Crippen molar-refractivity contribution in [2.75, 3.05) is 4.90 Å². The Labute approximate surface area is 144 Å². The predicted molar refractivity (Wildman–Crippen MR) is 97.9 cm³/mol. The Morgan fingerprint density at radius 3 is 2.39 bits per heavy atom. The molecule has 3 rings (SSSR count). The molecule has 1 saturated heterocycles. The van der Waals surface area contributed by atoms with Gasteiger partial charge in [0.15, 0.2) is 4.32 Å². The van der Waals surface area contributed by atoms with Crippen molar-refractivity contribution < 1.29 is 9.18 Å². The zero-order valence-corrected chi connectivity index (χ0v) is 14.1. The lowest BCUT2D eigenvalue weighted by Gasteiger charge is -2.14. The van der Waals surface area contributed by atoms with Gasteiger partial charge in [-0.05, 0) is 47.9 Å². The zero-order valence-electron chi connectivity index (χ0n) is 12.5. The summed E-state index contributed by atoms with van der Waals surface area (Å²) in [5, 5.41) is 0. The van der Waals surface area contributed by atoms with Crippen LogP contribution in [0, 0.1) is 5.82 Å². The monoisotopic (exact) mass is 343 g/mol. The van der Waals surface area contributed by atoms with Crippen LogP contribution in [-0.4, -0.2) is 10.2 Å². The van der Waals surface area contributed by atoms with E-state index >= 15 is 0 Å². The van der Waals surface area contributed by atoms with Crippen molar-refractivity contribution in [3.8, 4) is 0 Å². The minimum atomic E-state index is -0.342. The SMILES string of the molecule is CCc1ccc(/C=C2\SC(=S)N(c3ccc(F)cc3)C2=O)cc1. The second-order valence-electron chi connectivity index (χ2n) is 5.09. The van der Waals surface area contributed by atoms with E-state index in [1.807, 2.05) is 30.3 Å². The van der Waals surface area contributed by atoms with Crippen molar-refractivity contribution in [3.63, 3.8) is 0 Å². The lowest BCUT2D eigenvalue weighted by atomic mass is 10.1. The molecule has 1 amide bonds. The van der Waals surface area contributed by atoms with E-state index in [1.165, 1.54) is 34.4 Å². The molecule has 23 heavy (non-hydrogen) atoms. The summed E-state index contributed by atoms with van der Waals surface area (Å²) in [6.07, 6.45) is 2.81. The Bertz CT molecular complexity index is 782. The van der Waals surface area contributed by atoms with Crippen molar-refractivity contribution in [3.05, 3.63) is 70.4 Å². The standard InChI is InChI=1S/C18H14FNOS2/c1-2-12-3-5-13(6-4-12)11-16-17(21)20(18(22)23-16)15-9-7-14(19)8-10-15/h3-11H,2H2,1H3/b16-11-. The third-order valence-electron chi connectivity index (χ3n) is 3.56. The highest BCUT2D eigenvalue weighted by Gasteiger charge is 2.33. The molecule has 1 fully saturated rings. The average Bonchev–Trinajstić information content (AvgIpc) is 2.83. The largest absolute Gasteiger partial charge is 0.270 e. The zero-order chi connectivity index (χ0) is 16.4. The summed E-state index contributed by atoms with van der Waals surface area (Å²) < 4.78 is 13.5. The molecule has 2 aromatic carbocycles. The van der Waals surface area contributed by atoms with Gasteiger partial charge in [0, 0.05) is 0 Å². The first-order valence-electron chi connectivity index (χ1n) is 7.21. The molecule has 0 N–H and O–H groups in total. The minimum absolute atomic E-state index is 0.175. The highest BCUT2D eigenvalue weighted by Crippen LogP contribution is 2.36. The molecule has 0 saturated carbocycles. The molecule has 1 aliphatic rings. The van der Waals surface area contributed by atoms with Gasteiger partial charge in [0.2, 0.25) is 0 Å². The average molecular weight is 343 g/mol. The normalized spacial score (nSPS) is 16.4. The van der Waals surface area contributed by atoms with E-state index in [0.717, 1.165) is 12.0 Å². The lowest BCUT2D eigenvalue weighted by Crippen LogP contribution is -2.27. The molecule has 116 valence electrons. The quantitative estimate of drug-likeness (QED) is 0.590. The molecular formula is C18H14FNOS2. The number of nitrogens with zero attached hydrogens (tertiary/aromatic N) is 1. The summed E-state index contributed by atoms with van der Waals surface area (Å²) in [5.74, 6) is -0.517. The van der Waals surface area contributed by atoms with Gasteiger partial charge in [-0.2, -0.15) is 0 Å². The fraction of sp³-hybridized carbons (Fsp3) is 0.111. The number of halogens is 1. The van der Waals surface area contributed by atoms with Gasteiger partial charge in [-0.15, -0.1) is 0 Å². The maximum absolute atomic E-state index is 13.0. The first-order chi connectivity index (χ1) is 11.1. The van der Waals surface area contributed by atoms with E-state index in [2.05, 4.69) is 6.92 Å². The Hall–Kier alpha value is -1.98.